The number of carbonyl (C=O) groups is 1. The summed E-state index contributed by atoms with van der Waals surface area (Å²) in [6.45, 7) is 10.3. The molecule has 0 aromatic heterocycles. The predicted octanol–water partition coefficient (Wildman–Crippen LogP) is 4.69. The van der Waals surface area contributed by atoms with Crippen LogP contribution in [0.3, 0.4) is 0 Å². The number of hydrogen-bond acceptors (Lipinski definition) is 2. The summed E-state index contributed by atoms with van der Waals surface area (Å²) >= 11 is 0. The number of likely N-dealkylation sites (tertiary alicyclic amines) is 1. The number of amides is 1. The lowest BCUT2D eigenvalue weighted by molar-refractivity contribution is 0.0840. The summed E-state index contributed by atoms with van der Waals surface area (Å²) in [5, 5.41) is 9.17. The Labute approximate surface area is 135 Å². The highest BCUT2D eigenvalue weighted by molar-refractivity contribution is 6.73. The first-order valence-electron chi connectivity index (χ1n) is 8.79. The van der Waals surface area contributed by atoms with E-state index in [1.165, 1.54) is 5.76 Å². The highest BCUT2D eigenvalue weighted by Gasteiger charge is 2.47. The van der Waals surface area contributed by atoms with Crippen molar-refractivity contribution in [3.63, 3.8) is 0 Å². The van der Waals surface area contributed by atoms with Gasteiger partial charge in [-0.15, -0.1) is 0 Å². The van der Waals surface area contributed by atoms with Crippen LogP contribution in [-0.4, -0.2) is 37.5 Å². The van der Waals surface area contributed by atoms with Crippen LogP contribution >= 0.6 is 0 Å². The third kappa shape index (κ3) is 3.19. The Bertz CT molecular complexity index is 429. The maximum Gasteiger partial charge on any atom is 0.407 e. The zero-order chi connectivity index (χ0) is 16.4. The maximum atomic E-state index is 11.2. The largest absolute Gasteiger partial charge is 0.546 e. The van der Waals surface area contributed by atoms with Crippen LogP contribution in [0.25, 0.3) is 0 Å². The van der Waals surface area contributed by atoms with Crippen LogP contribution in [0.2, 0.25) is 18.1 Å². The number of rotatable bonds is 5. The van der Waals surface area contributed by atoms with Gasteiger partial charge in [-0.1, -0.05) is 27.7 Å². The Hall–Kier alpha value is -0.973. The lowest BCUT2D eigenvalue weighted by Gasteiger charge is -2.43. The number of carboxylic acid groups (broad SMARTS) is 1. The molecule has 4 nitrogen and oxygen atoms in total. The topological polar surface area (TPSA) is 49.8 Å². The van der Waals surface area contributed by atoms with E-state index in [4.69, 9.17) is 4.43 Å². The van der Waals surface area contributed by atoms with Crippen molar-refractivity contribution in [2.75, 3.05) is 13.1 Å². The first-order chi connectivity index (χ1) is 10.4. The van der Waals surface area contributed by atoms with Gasteiger partial charge >= 0.3 is 6.09 Å². The molecule has 0 aromatic carbocycles. The molecular formula is C17H31NO3Si. The molecular weight excluding hydrogens is 294 g/mol. The highest BCUT2D eigenvalue weighted by Crippen LogP contribution is 2.51. The van der Waals surface area contributed by atoms with Crippen molar-refractivity contribution in [2.24, 2.45) is 11.3 Å². The predicted molar refractivity (Wildman–Crippen MR) is 91.4 cm³/mol. The van der Waals surface area contributed by atoms with Crippen molar-refractivity contribution in [1.82, 2.24) is 4.90 Å². The Kier molecular flexibility index (Phi) is 5.25. The van der Waals surface area contributed by atoms with E-state index in [0.717, 1.165) is 37.4 Å². The molecule has 0 saturated carbocycles. The zero-order valence-corrected chi connectivity index (χ0v) is 15.5. The maximum absolute atomic E-state index is 11.2. The van der Waals surface area contributed by atoms with Crippen LogP contribution in [-0.2, 0) is 4.43 Å². The number of nitrogens with zero attached hydrogens (tertiary/aromatic N) is 1. The molecule has 1 amide bonds. The van der Waals surface area contributed by atoms with Crippen LogP contribution < -0.4 is 0 Å². The quantitative estimate of drug-likeness (QED) is 0.746. The van der Waals surface area contributed by atoms with Crippen molar-refractivity contribution >= 4 is 14.4 Å². The van der Waals surface area contributed by atoms with E-state index in [1.807, 2.05) is 0 Å². The van der Waals surface area contributed by atoms with Gasteiger partial charge in [-0.3, -0.25) is 0 Å². The number of hydrogen-bond donors (Lipinski definition) is 1. The van der Waals surface area contributed by atoms with Crippen molar-refractivity contribution in [1.29, 1.82) is 0 Å². The first kappa shape index (κ1) is 17.4. The van der Waals surface area contributed by atoms with Gasteiger partial charge in [0.25, 0.3) is 0 Å². The van der Waals surface area contributed by atoms with Crippen molar-refractivity contribution in [3.05, 3.63) is 11.8 Å². The van der Waals surface area contributed by atoms with Gasteiger partial charge in [0, 0.05) is 18.5 Å². The Morgan fingerprint density at radius 1 is 1.32 bits per heavy atom. The van der Waals surface area contributed by atoms with Crippen molar-refractivity contribution < 1.29 is 14.3 Å². The summed E-state index contributed by atoms with van der Waals surface area (Å²) in [6.07, 6.45) is 4.50. The van der Waals surface area contributed by atoms with E-state index in [0.29, 0.717) is 19.0 Å². The second kappa shape index (κ2) is 6.65. The standard InChI is InChI=1S/C17H31NO3Si/c1-5-22(6-2,7-3)21-15-12-14(4)13-17(15)8-10-18(11-9-17)16(19)20/h12,14H,5-11,13H2,1-4H3,(H,19,20). The minimum atomic E-state index is -1.66. The average molecular weight is 326 g/mol. The molecule has 2 aliphatic rings. The summed E-state index contributed by atoms with van der Waals surface area (Å²) in [7, 11) is -1.66. The lowest BCUT2D eigenvalue weighted by atomic mass is 9.76. The minimum absolute atomic E-state index is 0.100. The van der Waals surface area contributed by atoms with E-state index in [1.54, 1.807) is 4.90 Å². The number of allylic oxidation sites excluding steroid dienone is 2. The first-order valence-corrected chi connectivity index (χ1v) is 11.3. The SMILES string of the molecule is CC[Si](CC)(CC)OC1=CC(C)CC12CCN(C(=O)O)CC2. The molecule has 1 saturated heterocycles. The normalized spacial score (nSPS) is 24.5. The molecule has 1 spiro atoms. The Balaban J connectivity index is 2.16. The summed E-state index contributed by atoms with van der Waals surface area (Å²) in [4.78, 5) is 12.7. The van der Waals surface area contributed by atoms with Crippen LogP contribution in [0.15, 0.2) is 11.8 Å². The van der Waals surface area contributed by atoms with Gasteiger partial charge in [-0.2, -0.15) is 0 Å². The summed E-state index contributed by atoms with van der Waals surface area (Å²) in [6, 6.07) is 3.47. The highest BCUT2D eigenvalue weighted by atomic mass is 28.4. The molecule has 2 rings (SSSR count). The smallest absolute Gasteiger partial charge is 0.407 e. The Morgan fingerprint density at radius 2 is 1.86 bits per heavy atom. The van der Waals surface area contributed by atoms with Crippen molar-refractivity contribution in [2.45, 2.75) is 65.1 Å². The minimum Gasteiger partial charge on any atom is -0.546 e. The summed E-state index contributed by atoms with van der Waals surface area (Å²) < 4.78 is 6.74. The van der Waals surface area contributed by atoms with E-state index < -0.39 is 14.4 Å². The van der Waals surface area contributed by atoms with E-state index in [2.05, 4.69) is 33.8 Å². The molecule has 126 valence electrons. The average Bonchev–Trinajstić information content (AvgIpc) is 2.80. The molecule has 1 heterocycles. The molecule has 0 bridgehead atoms. The van der Waals surface area contributed by atoms with Crippen LogP contribution in [0.5, 0.6) is 0 Å². The molecule has 1 aliphatic heterocycles. The third-order valence-corrected chi connectivity index (χ3v) is 10.4. The van der Waals surface area contributed by atoms with Crippen molar-refractivity contribution in [3.8, 4) is 0 Å². The van der Waals surface area contributed by atoms with Crippen LogP contribution in [0.1, 0.15) is 47.0 Å². The molecule has 5 heteroatoms. The fraction of sp³-hybridized carbons (Fsp3) is 0.824. The summed E-state index contributed by atoms with van der Waals surface area (Å²) in [5.41, 5.74) is 0.100. The van der Waals surface area contributed by atoms with Gasteiger partial charge in [0.15, 0.2) is 0 Å². The van der Waals surface area contributed by atoms with E-state index in [9.17, 15) is 9.90 Å². The second-order valence-electron chi connectivity index (χ2n) is 7.11. The fourth-order valence-corrected chi connectivity index (χ4v) is 6.81. The molecule has 1 N–H and O–H groups in total. The molecule has 1 aliphatic carbocycles. The van der Waals surface area contributed by atoms with Gasteiger partial charge in [-0.05, 0) is 49.4 Å². The van der Waals surface area contributed by atoms with E-state index in [-0.39, 0.29) is 5.41 Å². The molecule has 0 aromatic rings. The van der Waals surface area contributed by atoms with Gasteiger partial charge in [-0.25, -0.2) is 4.79 Å². The summed E-state index contributed by atoms with van der Waals surface area (Å²) in [5.74, 6) is 1.76. The Morgan fingerprint density at radius 3 is 2.32 bits per heavy atom. The molecule has 22 heavy (non-hydrogen) atoms. The van der Waals surface area contributed by atoms with Crippen LogP contribution in [0.4, 0.5) is 4.79 Å². The third-order valence-electron chi connectivity index (χ3n) is 5.92. The molecule has 1 unspecified atom stereocenters. The molecule has 1 atom stereocenters. The van der Waals surface area contributed by atoms with Gasteiger partial charge < -0.3 is 14.4 Å². The molecule has 0 radical (unpaired) electrons. The fourth-order valence-electron chi connectivity index (χ4n) is 4.13. The zero-order valence-electron chi connectivity index (χ0n) is 14.5. The van der Waals surface area contributed by atoms with Gasteiger partial charge in [0.05, 0.1) is 5.76 Å². The van der Waals surface area contributed by atoms with Gasteiger partial charge in [0.2, 0.25) is 8.32 Å². The second-order valence-corrected chi connectivity index (χ2v) is 11.8. The lowest BCUT2D eigenvalue weighted by Crippen LogP contribution is -2.45. The van der Waals surface area contributed by atoms with Crippen LogP contribution in [0, 0.1) is 11.3 Å². The number of piperidine rings is 1. The molecule has 1 fully saturated rings. The monoisotopic (exact) mass is 325 g/mol. The van der Waals surface area contributed by atoms with E-state index >= 15 is 0 Å². The van der Waals surface area contributed by atoms with Gasteiger partial charge in [0.1, 0.15) is 0 Å².